The topological polar surface area (TPSA) is 8.17 Å². The third-order valence-corrected chi connectivity index (χ3v) is 12.7. The Bertz CT molecular complexity index is 3260. The molecule has 0 atom stereocenters. The van der Waals surface area contributed by atoms with Crippen molar-refractivity contribution >= 4 is 70.4 Å². The quantitative estimate of drug-likeness (QED) is 0.157. The summed E-state index contributed by atoms with van der Waals surface area (Å²) in [4.78, 5) is 2.34. The number of hydrogen-bond donors (Lipinski definition) is 0. The highest BCUT2D eigenvalue weighted by Crippen LogP contribution is 2.42. The molecule has 0 aliphatic heterocycles. The lowest BCUT2D eigenvalue weighted by molar-refractivity contribution is 1.20. The first-order chi connectivity index (χ1) is 28.7. The fraction of sp³-hybridized carbons (Fsp3) is 0.0182. The molecule has 3 heteroatoms. The van der Waals surface area contributed by atoms with E-state index in [2.05, 4.69) is 229 Å². The first kappa shape index (κ1) is 34.1. The summed E-state index contributed by atoms with van der Waals surface area (Å²) < 4.78 is 5.10. The summed E-state index contributed by atoms with van der Waals surface area (Å²) in [7, 11) is 0. The molecule has 2 nitrogen and oxygen atoms in total. The average molecular weight is 759 g/mol. The minimum Gasteiger partial charge on any atom is -0.310 e. The Labute approximate surface area is 342 Å². The first-order valence-electron chi connectivity index (χ1n) is 19.8. The lowest BCUT2D eigenvalue weighted by atomic mass is 9.98. The van der Waals surface area contributed by atoms with Crippen molar-refractivity contribution in [3.63, 3.8) is 0 Å². The summed E-state index contributed by atoms with van der Waals surface area (Å²) in [5, 5.41) is 5.16. The number of nitrogens with zero attached hydrogens (tertiary/aromatic N) is 2. The van der Waals surface area contributed by atoms with Gasteiger partial charge in [0.1, 0.15) is 0 Å². The van der Waals surface area contributed by atoms with Gasteiger partial charge in [0.05, 0.1) is 21.4 Å². The Kier molecular flexibility index (Phi) is 8.27. The normalized spacial score (nSPS) is 11.5. The van der Waals surface area contributed by atoms with Crippen LogP contribution in [0.3, 0.4) is 0 Å². The number of aryl methyl sites for hydroxylation is 1. The molecule has 274 valence electrons. The lowest BCUT2D eigenvalue weighted by Crippen LogP contribution is -2.10. The number of thiophene rings is 1. The van der Waals surface area contributed by atoms with E-state index in [1.165, 1.54) is 86.6 Å². The molecule has 0 fully saturated rings. The molecule has 0 amide bonds. The van der Waals surface area contributed by atoms with Gasteiger partial charge in [-0.25, -0.2) is 0 Å². The molecule has 11 aromatic rings. The second kappa shape index (κ2) is 14.1. The van der Waals surface area contributed by atoms with E-state index in [1.807, 2.05) is 11.3 Å². The maximum atomic E-state index is 2.46. The summed E-state index contributed by atoms with van der Waals surface area (Å²) in [5.41, 5.74) is 15.5. The summed E-state index contributed by atoms with van der Waals surface area (Å²) in [6.45, 7) is 2.15. The molecular formula is C55H38N2S. The van der Waals surface area contributed by atoms with Gasteiger partial charge in [0.25, 0.3) is 0 Å². The third-order valence-electron chi connectivity index (χ3n) is 11.5. The highest BCUT2D eigenvalue weighted by atomic mass is 32.1. The number of benzene rings is 9. The predicted molar refractivity (Wildman–Crippen MR) is 249 cm³/mol. The maximum absolute atomic E-state index is 2.46. The van der Waals surface area contributed by atoms with Gasteiger partial charge in [-0.15, -0.1) is 11.3 Å². The fourth-order valence-corrected chi connectivity index (χ4v) is 9.83. The van der Waals surface area contributed by atoms with Crippen molar-refractivity contribution in [2.24, 2.45) is 0 Å². The van der Waals surface area contributed by atoms with E-state index < -0.39 is 0 Å². The third kappa shape index (κ3) is 5.87. The summed E-state index contributed by atoms with van der Waals surface area (Å²) >= 11 is 1.88. The first-order valence-corrected chi connectivity index (χ1v) is 20.6. The minimum absolute atomic E-state index is 1.12. The molecule has 0 saturated carbocycles. The van der Waals surface area contributed by atoms with E-state index in [4.69, 9.17) is 0 Å². The van der Waals surface area contributed by atoms with Crippen molar-refractivity contribution in [2.45, 2.75) is 6.92 Å². The maximum Gasteiger partial charge on any atom is 0.0640 e. The molecule has 2 aromatic heterocycles. The van der Waals surface area contributed by atoms with Crippen molar-refractivity contribution in [3.05, 3.63) is 218 Å². The Balaban J connectivity index is 0.918. The molecule has 0 spiro atoms. The van der Waals surface area contributed by atoms with Gasteiger partial charge in [0, 0.05) is 43.3 Å². The van der Waals surface area contributed by atoms with Crippen molar-refractivity contribution in [1.82, 2.24) is 4.57 Å². The van der Waals surface area contributed by atoms with Gasteiger partial charge in [-0.1, -0.05) is 146 Å². The number of hydrogen-bond acceptors (Lipinski definition) is 2. The number of fused-ring (bicyclic) bond motifs is 6. The van der Waals surface area contributed by atoms with Crippen LogP contribution in [0.25, 0.3) is 81.0 Å². The monoisotopic (exact) mass is 758 g/mol. The molecule has 0 saturated heterocycles. The Morgan fingerprint density at radius 2 is 0.897 bits per heavy atom. The standard InChI is InChI=1S/C55H38N2S/c1-37-11-9-14-46(35-37)56(44-30-25-40(26-31-44)38-12-3-2-4-13-38)45-32-27-41(28-33-45)39-21-23-42(24-22-39)43-29-34-52-50(36-43)47-15-5-7-18-51(47)57(52)53-19-10-17-49-48-16-6-8-20-54(48)58-55(49)53/h2-36H,1H3. The van der Waals surface area contributed by atoms with Crippen molar-refractivity contribution < 1.29 is 0 Å². The highest BCUT2D eigenvalue weighted by molar-refractivity contribution is 7.26. The Morgan fingerprint density at radius 3 is 1.60 bits per heavy atom. The van der Waals surface area contributed by atoms with Gasteiger partial charge >= 0.3 is 0 Å². The summed E-state index contributed by atoms with van der Waals surface area (Å²) in [6.07, 6.45) is 0. The molecule has 9 aromatic carbocycles. The number of para-hydroxylation sites is 1. The largest absolute Gasteiger partial charge is 0.310 e. The molecule has 11 rings (SSSR count). The lowest BCUT2D eigenvalue weighted by Gasteiger charge is -2.26. The van der Waals surface area contributed by atoms with E-state index in [1.54, 1.807) is 0 Å². The zero-order valence-corrected chi connectivity index (χ0v) is 32.8. The van der Waals surface area contributed by atoms with Gasteiger partial charge in [-0.05, 0) is 113 Å². The van der Waals surface area contributed by atoms with Gasteiger partial charge < -0.3 is 9.47 Å². The number of rotatable bonds is 7. The molecule has 2 heterocycles. The second-order valence-electron chi connectivity index (χ2n) is 15.0. The van der Waals surface area contributed by atoms with Gasteiger partial charge in [0.15, 0.2) is 0 Å². The van der Waals surface area contributed by atoms with Crippen LogP contribution < -0.4 is 4.90 Å². The van der Waals surface area contributed by atoms with Crippen molar-refractivity contribution in [2.75, 3.05) is 4.90 Å². The second-order valence-corrected chi connectivity index (χ2v) is 16.1. The Hall–Kier alpha value is -7.20. The fourth-order valence-electron chi connectivity index (χ4n) is 8.63. The van der Waals surface area contributed by atoms with Crippen LogP contribution >= 0.6 is 11.3 Å². The SMILES string of the molecule is Cc1cccc(N(c2ccc(-c3ccccc3)cc2)c2ccc(-c3ccc(-c4ccc5c(c4)c4ccccc4n5-c4cccc5c4sc4ccccc45)cc3)cc2)c1. The summed E-state index contributed by atoms with van der Waals surface area (Å²) in [6, 6.07) is 77.4. The van der Waals surface area contributed by atoms with Gasteiger partial charge in [-0.2, -0.15) is 0 Å². The zero-order valence-electron chi connectivity index (χ0n) is 32.0. The van der Waals surface area contributed by atoms with E-state index in [-0.39, 0.29) is 0 Å². The minimum atomic E-state index is 1.12. The molecule has 0 bridgehead atoms. The van der Waals surface area contributed by atoms with E-state index in [9.17, 15) is 0 Å². The Morgan fingerprint density at radius 1 is 0.362 bits per heavy atom. The van der Waals surface area contributed by atoms with Gasteiger partial charge in [0.2, 0.25) is 0 Å². The van der Waals surface area contributed by atoms with E-state index in [0.717, 1.165) is 17.1 Å². The predicted octanol–water partition coefficient (Wildman–Crippen LogP) is 15.9. The van der Waals surface area contributed by atoms with E-state index in [0.29, 0.717) is 0 Å². The zero-order chi connectivity index (χ0) is 38.6. The smallest absolute Gasteiger partial charge is 0.0640 e. The molecule has 0 unspecified atom stereocenters. The van der Waals surface area contributed by atoms with E-state index >= 15 is 0 Å². The molecule has 0 aliphatic rings. The van der Waals surface area contributed by atoms with Crippen molar-refractivity contribution in [1.29, 1.82) is 0 Å². The highest BCUT2D eigenvalue weighted by Gasteiger charge is 2.18. The van der Waals surface area contributed by atoms with Crippen molar-refractivity contribution in [3.8, 4) is 39.1 Å². The van der Waals surface area contributed by atoms with Crippen LogP contribution in [0, 0.1) is 6.92 Å². The summed E-state index contributed by atoms with van der Waals surface area (Å²) in [5.74, 6) is 0. The molecule has 58 heavy (non-hydrogen) atoms. The number of anilines is 3. The van der Waals surface area contributed by atoms with Gasteiger partial charge in [-0.3, -0.25) is 0 Å². The number of aromatic nitrogens is 1. The van der Waals surface area contributed by atoms with Crippen LogP contribution in [0.4, 0.5) is 17.1 Å². The molecule has 0 N–H and O–H groups in total. The average Bonchev–Trinajstić information content (AvgIpc) is 3.83. The van der Waals surface area contributed by atoms with Crippen LogP contribution in [0.1, 0.15) is 5.56 Å². The van der Waals surface area contributed by atoms with Crippen LogP contribution in [0.5, 0.6) is 0 Å². The molecule has 0 aliphatic carbocycles. The molecule has 0 radical (unpaired) electrons. The van der Waals surface area contributed by atoms with Crippen LogP contribution in [0.2, 0.25) is 0 Å². The van der Waals surface area contributed by atoms with Crippen LogP contribution in [-0.4, -0.2) is 4.57 Å². The van der Waals surface area contributed by atoms with Crippen LogP contribution in [0.15, 0.2) is 212 Å². The van der Waals surface area contributed by atoms with Crippen LogP contribution in [-0.2, 0) is 0 Å². The molecular weight excluding hydrogens is 721 g/mol.